The smallest absolute Gasteiger partial charge is 0.271 e. The Morgan fingerprint density at radius 2 is 2.20 bits per heavy atom. The molecule has 0 spiro atoms. The lowest BCUT2D eigenvalue weighted by molar-refractivity contribution is -0.127. The van der Waals surface area contributed by atoms with Crippen molar-refractivity contribution in [3.05, 3.63) is 40.7 Å². The molecule has 0 atom stereocenters. The van der Waals surface area contributed by atoms with Gasteiger partial charge in [-0.3, -0.25) is 9.59 Å². The normalized spacial score (nSPS) is 14.2. The van der Waals surface area contributed by atoms with Gasteiger partial charge in [0.2, 0.25) is 5.91 Å². The zero-order valence-corrected chi connectivity index (χ0v) is 14.9. The first-order valence-corrected chi connectivity index (χ1v) is 9.16. The molecule has 5 nitrogen and oxygen atoms in total. The third-order valence-electron chi connectivity index (χ3n) is 4.18. The largest absolute Gasteiger partial charge is 0.351 e. The van der Waals surface area contributed by atoms with Gasteiger partial charge in [-0.2, -0.15) is 0 Å². The third kappa shape index (κ3) is 4.04. The van der Waals surface area contributed by atoms with Crippen molar-refractivity contribution in [3.63, 3.8) is 0 Å². The number of benzene rings is 1. The molecule has 1 aromatic carbocycles. The van der Waals surface area contributed by atoms with Crippen molar-refractivity contribution in [2.24, 2.45) is 0 Å². The highest BCUT2D eigenvalue weighted by Crippen LogP contribution is 2.29. The minimum atomic E-state index is -0.349. The molecule has 132 valence electrons. The summed E-state index contributed by atoms with van der Waals surface area (Å²) in [6.07, 6.45) is 2.26. The highest BCUT2D eigenvalue weighted by molar-refractivity contribution is 7.15. The van der Waals surface area contributed by atoms with E-state index < -0.39 is 0 Å². The molecule has 2 amide bonds. The number of hydrogen-bond acceptors (Lipinski definition) is 4. The zero-order chi connectivity index (χ0) is 17.8. The summed E-state index contributed by atoms with van der Waals surface area (Å²) in [5, 5.41) is 3.33. The van der Waals surface area contributed by atoms with E-state index in [2.05, 4.69) is 10.3 Å². The number of rotatable bonds is 6. The average molecular weight is 361 g/mol. The van der Waals surface area contributed by atoms with E-state index in [1.165, 1.54) is 17.4 Å². The Balaban J connectivity index is 1.57. The number of carbonyl (C=O) groups excluding carboxylic acids is 2. The number of carbonyl (C=O) groups is 2. The minimum absolute atomic E-state index is 0.191. The molecule has 1 aromatic heterocycles. The Morgan fingerprint density at radius 3 is 2.92 bits per heavy atom. The molecule has 0 saturated carbocycles. The van der Waals surface area contributed by atoms with E-state index in [-0.39, 0.29) is 17.6 Å². The first-order valence-electron chi connectivity index (χ1n) is 8.34. The minimum Gasteiger partial charge on any atom is -0.351 e. The summed E-state index contributed by atoms with van der Waals surface area (Å²) >= 11 is 1.31. The summed E-state index contributed by atoms with van der Waals surface area (Å²) < 4.78 is 13.9. The van der Waals surface area contributed by atoms with Crippen molar-refractivity contribution >= 4 is 23.2 Å². The Morgan fingerprint density at radius 1 is 1.40 bits per heavy atom. The molecule has 2 heterocycles. The maximum Gasteiger partial charge on any atom is 0.271 e. The van der Waals surface area contributed by atoms with E-state index in [4.69, 9.17) is 0 Å². The fourth-order valence-corrected chi connectivity index (χ4v) is 3.79. The highest BCUT2D eigenvalue weighted by Gasteiger charge is 2.20. The molecular formula is C18H20FN3O2S. The lowest BCUT2D eigenvalue weighted by atomic mass is 10.2. The summed E-state index contributed by atoms with van der Waals surface area (Å²) in [5.41, 5.74) is 0.739. The fraction of sp³-hybridized carbons (Fsp3) is 0.389. The van der Waals surface area contributed by atoms with Gasteiger partial charge in [-0.25, -0.2) is 9.37 Å². The predicted octanol–water partition coefficient (Wildman–Crippen LogP) is 3.00. The van der Waals surface area contributed by atoms with Gasteiger partial charge in [0.05, 0.1) is 0 Å². The van der Waals surface area contributed by atoms with E-state index in [0.29, 0.717) is 42.2 Å². The van der Waals surface area contributed by atoms with E-state index >= 15 is 0 Å². The molecule has 3 rings (SSSR count). The number of aromatic nitrogens is 1. The summed E-state index contributed by atoms with van der Waals surface area (Å²) in [7, 11) is 0. The quantitative estimate of drug-likeness (QED) is 0.805. The Hall–Kier alpha value is -2.28. The van der Waals surface area contributed by atoms with Crippen LogP contribution in [0, 0.1) is 12.7 Å². The molecular weight excluding hydrogens is 341 g/mol. The molecule has 1 fully saturated rings. The molecule has 1 aliphatic heterocycles. The number of hydrogen-bond donors (Lipinski definition) is 1. The number of likely N-dealkylation sites (tertiary alicyclic amines) is 1. The zero-order valence-electron chi connectivity index (χ0n) is 14.0. The number of nitrogens with zero attached hydrogens (tertiary/aromatic N) is 2. The van der Waals surface area contributed by atoms with Crippen molar-refractivity contribution in [1.82, 2.24) is 15.2 Å². The second-order valence-electron chi connectivity index (χ2n) is 6.00. The summed E-state index contributed by atoms with van der Waals surface area (Å²) in [6, 6.07) is 6.40. The van der Waals surface area contributed by atoms with Crippen LogP contribution in [-0.2, 0) is 4.79 Å². The number of nitrogens with one attached hydrogen (secondary N) is 1. The Bertz CT molecular complexity index is 790. The molecule has 2 aromatic rings. The molecule has 25 heavy (non-hydrogen) atoms. The molecule has 1 saturated heterocycles. The Labute approximate surface area is 149 Å². The molecule has 0 unspecified atom stereocenters. The molecule has 0 radical (unpaired) electrons. The first-order chi connectivity index (χ1) is 12.1. The van der Waals surface area contributed by atoms with Crippen molar-refractivity contribution < 1.29 is 14.0 Å². The summed E-state index contributed by atoms with van der Waals surface area (Å²) in [6.45, 7) is 3.76. The van der Waals surface area contributed by atoms with Crippen LogP contribution in [0.2, 0.25) is 0 Å². The number of aryl methyl sites for hydroxylation is 1. The number of halogens is 1. The molecule has 7 heteroatoms. The van der Waals surface area contributed by atoms with Crippen LogP contribution in [0.25, 0.3) is 10.6 Å². The van der Waals surface area contributed by atoms with Crippen LogP contribution in [0.4, 0.5) is 4.39 Å². The van der Waals surface area contributed by atoms with Gasteiger partial charge in [0, 0.05) is 36.5 Å². The maximum absolute atomic E-state index is 13.9. The molecule has 0 aliphatic carbocycles. The van der Waals surface area contributed by atoms with E-state index in [9.17, 15) is 14.0 Å². The lowest BCUT2D eigenvalue weighted by Crippen LogP contribution is -2.31. The van der Waals surface area contributed by atoms with Crippen LogP contribution in [0.15, 0.2) is 24.3 Å². The second-order valence-corrected chi connectivity index (χ2v) is 7.20. The van der Waals surface area contributed by atoms with Crippen molar-refractivity contribution in [2.75, 3.05) is 19.6 Å². The van der Waals surface area contributed by atoms with Gasteiger partial charge in [-0.05, 0) is 31.9 Å². The van der Waals surface area contributed by atoms with Crippen LogP contribution in [-0.4, -0.2) is 41.3 Å². The second kappa shape index (κ2) is 7.74. The first kappa shape index (κ1) is 17.5. The lowest BCUT2D eigenvalue weighted by Gasteiger charge is -2.15. The van der Waals surface area contributed by atoms with Crippen molar-refractivity contribution in [3.8, 4) is 10.6 Å². The molecule has 1 aliphatic rings. The van der Waals surface area contributed by atoms with E-state index in [1.807, 2.05) is 4.90 Å². The highest BCUT2D eigenvalue weighted by atomic mass is 32.1. The van der Waals surface area contributed by atoms with Crippen LogP contribution >= 0.6 is 11.3 Å². The van der Waals surface area contributed by atoms with Gasteiger partial charge in [0.15, 0.2) is 0 Å². The summed E-state index contributed by atoms with van der Waals surface area (Å²) in [4.78, 5) is 30.7. The topological polar surface area (TPSA) is 62.3 Å². The predicted molar refractivity (Wildman–Crippen MR) is 95.0 cm³/mol. The summed E-state index contributed by atoms with van der Waals surface area (Å²) in [5.74, 6) is -0.418. The van der Waals surface area contributed by atoms with E-state index in [0.717, 1.165) is 17.8 Å². The maximum atomic E-state index is 13.9. The SMILES string of the molecule is Cc1sc(-c2ccccc2F)nc1C(=O)NCCCN1CCCC1=O. The van der Waals surface area contributed by atoms with Gasteiger partial charge in [-0.15, -0.1) is 11.3 Å². The van der Waals surface area contributed by atoms with Crippen LogP contribution in [0.5, 0.6) is 0 Å². The van der Waals surface area contributed by atoms with E-state index in [1.54, 1.807) is 25.1 Å². The number of amides is 2. The standard InChI is InChI=1S/C18H20FN3O2S/c1-12-16(21-18(25-12)13-6-2-3-7-14(13)19)17(24)20-9-5-11-22-10-4-8-15(22)23/h2-3,6-7H,4-5,8-11H2,1H3,(H,20,24). The monoisotopic (exact) mass is 361 g/mol. The van der Waals surface area contributed by atoms with Crippen LogP contribution in [0.3, 0.4) is 0 Å². The fourth-order valence-electron chi connectivity index (χ4n) is 2.85. The molecule has 0 bridgehead atoms. The van der Waals surface area contributed by atoms with Gasteiger partial charge in [0.25, 0.3) is 5.91 Å². The van der Waals surface area contributed by atoms with Crippen molar-refractivity contribution in [1.29, 1.82) is 0 Å². The van der Waals surface area contributed by atoms with Gasteiger partial charge in [-0.1, -0.05) is 12.1 Å². The average Bonchev–Trinajstić information content (AvgIpc) is 3.18. The van der Waals surface area contributed by atoms with Crippen LogP contribution < -0.4 is 5.32 Å². The van der Waals surface area contributed by atoms with Gasteiger partial charge in [0.1, 0.15) is 16.5 Å². The number of thiazole rings is 1. The third-order valence-corrected chi connectivity index (χ3v) is 5.18. The van der Waals surface area contributed by atoms with Gasteiger partial charge < -0.3 is 10.2 Å². The van der Waals surface area contributed by atoms with Crippen LogP contribution in [0.1, 0.15) is 34.6 Å². The Kier molecular flexibility index (Phi) is 5.43. The van der Waals surface area contributed by atoms with Gasteiger partial charge >= 0.3 is 0 Å². The van der Waals surface area contributed by atoms with Crippen molar-refractivity contribution in [2.45, 2.75) is 26.2 Å². The molecule has 1 N–H and O–H groups in total.